The zero-order valence-corrected chi connectivity index (χ0v) is 15.2. The molecule has 5 nitrogen and oxygen atoms in total. The topological polar surface area (TPSA) is 78.1 Å². The summed E-state index contributed by atoms with van der Waals surface area (Å²) in [4.78, 5) is 22.0. The number of nitrogens with two attached hydrogens (primary N) is 1. The smallest absolute Gasteiger partial charge is 0.340 e. The van der Waals surface area contributed by atoms with Gasteiger partial charge in [0.05, 0.1) is 34.4 Å². The Bertz CT molecular complexity index is 1170. The van der Waals surface area contributed by atoms with Gasteiger partial charge in [0.1, 0.15) is 5.52 Å². The van der Waals surface area contributed by atoms with Crippen LogP contribution in [0.15, 0.2) is 54.6 Å². The van der Waals surface area contributed by atoms with Crippen molar-refractivity contribution < 1.29 is 9.53 Å². The number of hydrogen-bond donors (Lipinski definition) is 1. The third-order valence-corrected chi connectivity index (χ3v) is 4.51. The molecule has 5 heteroatoms. The number of aromatic nitrogens is 2. The summed E-state index contributed by atoms with van der Waals surface area (Å²) in [6.45, 7) is 4.06. The number of anilines is 1. The molecule has 27 heavy (non-hydrogen) atoms. The number of benzene rings is 3. The van der Waals surface area contributed by atoms with Crippen molar-refractivity contribution in [2.75, 3.05) is 12.3 Å². The Morgan fingerprint density at radius 2 is 1.67 bits per heavy atom. The van der Waals surface area contributed by atoms with Crippen LogP contribution in [0.2, 0.25) is 0 Å². The minimum atomic E-state index is -0.456. The molecule has 4 aromatic rings. The Kier molecular flexibility index (Phi) is 4.20. The van der Waals surface area contributed by atoms with Gasteiger partial charge in [-0.2, -0.15) is 0 Å². The molecule has 4 rings (SSSR count). The molecule has 3 aromatic carbocycles. The van der Waals surface area contributed by atoms with Crippen molar-refractivity contribution >= 4 is 33.7 Å². The number of carbonyl (C=O) groups is 1. The fraction of sp³-hybridized carbons (Fsp3) is 0.136. The van der Waals surface area contributed by atoms with E-state index in [0.29, 0.717) is 27.8 Å². The summed E-state index contributed by atoms with van der Waals surface area (Å²) in [5.41, 5.74) is 12.4. The molecule has 134 valence electrons. The summed E-state index contributed by atoms with van der Waals surface area (Å²) >= 11 is 0. The molecule has 0 radical (unpaired) electrons. The first-order valence-corrected chi connectivity index (χ1v) is 8.81. The molecular formula is C22H19N3O2. The molecule has 0 fully saturated rings. The van der Waals surface area contributed by atoms with E-state index >= 15 is 0 Å². The van der Waals surface area contributed by atoms with Gasteiger partial charge in [-0.15, -0.1) is 0 Å². The van der Waals surface area contributed by atoms with Crippen LogP contribution in [-0.4, -0.2) is 22.5 Å². The van der Waals surface area contributed by atoms with Crippen molar-refractivity contribution in [3.8, 4) is 11.1 Å². The minimum absolute atomic E-state index is 0.271. The lowest BCUT2D eigenvalue weighted by atomic mass is 9.96. The number of carbonyl (C=O) groups excluding carboxylic acids is 1. The number of nitrogens with zero attached hydrogens (tertiary/aromatic N) is 2. The average Bonchev–Trinajstić information content (AvgIpc) is 2.67. The third-order valence-electron chi connectivity index (χ3n) is 4.51. The average molecular weight is 357 g/mol. The van der Waals surface area contributed by atoms with E-state index in [0.717, 1.165) is 22.2 Å². The van der Waals surface area contributed by atoms with E-state index in [2.05, 4.69) is 4.98 Å². The lowest BCUT2D eigenvalue weighted by molar-refractivity contribution is 0.0528. The van der Waals surface area contributed by atoms with Gasteiger partial charge in [0.2, 0.25) is 0 Å². The van der Waals surface area contributed by atoms with Crippen LogP contribution >= 0.6 is 0 Å². The highest BCUT2D eigenvalue weighted by Crippen LogP contribution is 2.34. The van der Waals surface area contributed by atoms with Crippen LogP contribution < -0.4 is 5.73 Å². The molecule has 0 saturated carbocycles. The second-order valence-electron chi connectivity index (χ2n) is 6.38. The van der Waals surface area contributed by atoms with Crippen LogP contribution in [0, 0.1) is 6.92 Å². The number of hydrogen-bond acceptors (Lipinski definition) is 5. The summed E-state index contributed by atoms with van der Waals surface area (Å²) in [5, 5.41) is 0. The van der Waals surface area contributed by atoms with E-state index in [-0.39, 0.29) is 6.61 Å². The first-order chi connectivity index (χ1) is 13.1. The Balaban J connectivity index is 2.06. The molecule has 0 aliphatic rings. The highest BCUT2D eigenvalue weighted by molar-refractivity contribution is 6.10. The van der Waals surface area contributed by atoms with Crippen molar-refractivity contribution in [1.29, 1.82) is 0 Å². The normalized spacial score (nSPS) is 11.0. The maximum absolute atomic E-state index is 12.7. The monoisotopic (exact) mass is 357 g/mol. The molecule has 0 spiro atoms. The molecule has 0 saturated heterocycles. The molecule has 0 amide bonds. The second kappa shape index (κ2) is 6.68. The van der Waals surface area contributed by atoms with Crippen LogP contribution in [0.1, 0.15) is 22.8 Å². The molecule has 0 atom stereocenters. The van der Waals surface area contributed by atoms with Gasteiger partial charge in [0, 0.05) is 5.56 Å². The molecular weight excluding hydrogens is 338 g/mol. The third kappa shape index (κ3) is 2.97. The van der Waals surface area contributed by atoms with Gasteiger partial charge in [-0.3, -0.25) is 0 Å². The van der Waals surface area contributed by atoms with Crippen LogP contribution in [-0.2, 0) is 4.74 Å². The predicted molar refractivity (Wildman–Crippen MR) is 108 cm³/mol. The Hall–Kier alpha value is -3.47. The lowest BCUT2D eigenvalue weighted by Gasteiger charge is -2.14. The first-order valence-electron chi connectivity index (χ1n) is 8.81. The van der Waals surface area contributed by atoms with E-state index < -0.39 is 5.97 Å². The number of rotatable bonds is 3. The molecule has 0 bridgehead atoms. The summed E-state index contributed by atoms with van der Waals surface area (Å²) in [7, 11) is 0. The van der Waals surface area contributed by atoms with Gasteiger partial charge in [-0.05, 0) is 37.6 Å². The number of esters is 1. The number of aryl methyl sites for hydroxylation is 1. The molecule has 0 aliphatic carbocycles. The van der Waals surface area contributed by atoms with Gasteiger partial charge in [0.25, 0.3) is 0 Å². The lowest BCUT2D eigenvalue weighted by Crippen LogP contribution is -2.11. The molecule has 1 heterocycles. The number of nitrogen functional groups attached to an aromatic ring is 1. The standard InChI is InChI=1S/C22H19N3O2/c1-3-27-22(26)19-15(14-10-8-13(2)9-11-14)12-18-21(20(19)23)25-17-7-5-4-6-16(17)24-18/h4-12H,3,23H2,1-2H3. The fourth-order valence-electron chi connectivity index (χ4n) is 3.17. The van der Waals surface area contributed by atoms with Crippen molar-refractivity contribution in [2.24, 2.45) is 0 Å². The SMILES string of the molecule is CCOC(=O)c1c(-c2ccc(C)cc2)cc2nc3ccccc3nc2c1N. The number of ether oxygens (including phenoxy) is 1. The van der Waals surface area contributed by atoms with Crippen LogP contribution in [0.5, 0.6) is 0 Å². The summed E-state index contributed by atoms with van der Waals surface area (Å²) in [6, 6.07) is 17.4. The van der Waals surface area contributed by atoms with Crippen molar-refractivity contribution in [1.82, 2.24) is 9.97 Å². The zero-order valence-electron chi connectivity index (χ0n) is 15.2. The highest BCUT2D eigenvalue weighted by atomic mass is 16.5. The summed E-state index contributed by atoms with van der Waals surface area (Å²) < 4.78 is 5.26. The Morgan fingerprint density at radius 1 is 1.00 bits per heavy atom. The molecule has 0 unspecified atom stereocenters. The quantitative estimate of drug-likeness (QED) is 0.331. The van der Waals surface area contributed by atoms with Crippen LogP contribution in [0.3, 0.4) is 0 Å². The number of fused-ring (bicyclic) bond motifs is 2. The summed E-state index contributed by atoms with van der Waals surface area (Å²) in [6.07, 6.45) is 0. The van der Waals surface area contributed by atoms with E-state index in [1.165, 1.54) is 0 Å². The van der Waals surface area contributed by atoms with Crippen molar-refractivity contribution in [3.63, 3.8) is 0 Å². The van der Waals surface area contributed by atoms with Gasteiger partial charge < -0.3 is 10.5 Å². The van der Waals surface area contributed by atoms with E-state index in [1.807, 2.05) is 61.5 Å². The second-order valence-corrected chi connectivity index (χ2v) is 6.38. The molecule has 1 aromatic heterocycles. The first kappa shape index (κ1) is 17.0. The Labute approximate surface area is 156 Å². The maximum Gasteiger partial charge on any atom is 0.340 e. The predicted octanol–water partition coefficient (Wildman–Crippen LogP) is 4.52. The van der Waals surface area contributed by atoms with Crippen LogP contribution in [0.4, 0.5) is 5.69 Å². The fourth-order valence-corrected chi connectivity index (χ4v) is 3.17. The largest absolute Gasteiger partial charge is 0.462 e. The van der Waals surface area contributed by atoms with Gasteiger partial charge >= 0.3 is 5.97 Å². The highest BCUT2D eigenvalue weighted by Gasteiger charge is 2.22. The summed E-state index contributed by atoms with van der Waals surface area (Å²) in [5.74, 6) is -0.456. The van der Waals surface area contributed by atoms with Crippen LogP contribution in [0.25, 0.3) is 33.2 Å². The van der Waals surface area contributed by atoms with Gasteiger partial charge in [-0.25, -0.2) is 14.8 Å². The van der Waals surface area contributed by atoms with E-state index in [1.54, 1.807) is 6.92 Å². The van der Waals surface area contributed by atoms with Gasteiger partial charge in [-0.1, -0.05) is 42.0 Å². The van der Waals surface area contributed by atoms with E-state index in [4.69, 9.17) is 15.5 Å². The van der Waals surface area contributed by atoms with E-state index in [9.17, 15) is 4.79 Å². The minimum Gasteiger partial charge on any atom is -0.462 e. The molecule has 2 N–H and O–H groups in total. The maximum atomic E-state index is 12.7. The van der Waals surface area contributed by atoms with Gasteiger partial charge in [0.15, 0.2) is 0 Å². The van der Waals surface area contributed by atoms with Crippen molar-refractivity contribution in [2.45, 2.75) is 13.8 Å². The zero-order chi connectivity index (χ0) is 19.0. The van der Waals surface area contributed by atoms with Crippen molar-refractivity contribution in [3.05, 3.63) is 65.7 Å². The number of para-hydroxylation sites is 2. The Morgan fingerprint density at radius 3 is 2.33 bits per heavy atom. The molecule has 0 aliphatic heterocycles.